The largest absolute Gasteiger partial charge is 0.506 e. The van der Waals surface area contributed by atoms with Crippen LogP contribution < -0.4 is 16.6 Å². The minimum Gasteiger partial charge on any atom is -0.506 e. The predicted octanol–water partition coefficient (Wildman–Crippen LogP) is 3.27. The number of aromatic nitrogens is 1. The van der Waals surface area contributed by atoms with E-state index in [9.17, 15) is 14.7 Å². The van der Waals surface area contributed by atoms with E-state index in [1.165, 1.54) is 6.07 Å². The number of phenolic OH excluding ortho intramolecular Hbond substituents is 1. The summed E-state index contributed by atoms with van der Waals surface area (Å²) in [6.07, 6.45) is 1.75. The first-order chi connectivity index (χ1) is 14.3. The third-order valence-corrected chi connectivity index (χ3v) is 4.96. The van der Waals surface area contributed by atoms with E-state index in [1.54, 1.807) is 47.2 Å². The number of nitrogens with one attached hydrogen (secondary N) is 1. The van der Waals surface area contributed by atoms with Crippen molar-refractivity contribution < 1.29 is 9.90 Å². The molecule has 8 heteroatoms. The van der Waals surface area contributed by atoms with E-state index < -0.39 is 5.91 Å². The summed E-state index contributed by atoms with van der Waals surface area (Å²) in [5.74, 6) is -0.658. The van der Waals surface area contributed by atoms with Gasteiger partial charge in [0.1, 0.15) is 11.4 Å². The molecule has 0 unspecified atom stereocenters. The Bertz CT molecular complexity index is 1120. The van der Waals surface area contributed by atoms with Gasteiger partial charge in [-0.1, -0.05) is 23.7 Å². The van der Waals surface area contributed by atoms with Crippen molar-refractivity contribution in [1.29, 1.82) is 0 Å². The summed E-state index contributed by atoms with van der Waals surface area (Å²) < 4.78 is 1.64. The monoisotopic (exact) mass is 426 g/mol. The summed E-state index contributed by atoms with van der Waals surface area (Å²) in [6.45, 7) is 1.30. The van der Waals surface area contributed by atoms with Crippen LogP contribution in [-0.4, -0.2) is 41.1 Å². The van der Waals surface area contributed by atoms with E-state index in [1.807, 2.05) is 25.1 Å². The number of hydrogen-bond donors (Lipinski definition) is 3. The molecule has 0 aliphatic carbocycles. The second-order valence-electron chi connectivity index (χ2n) is 7.11. The lowest BCUT2D eigenvalue weighted by molar-refractivity contribution is 0.102. The highest BCUT2D eigenvalue weighted by atomic mass is 35.5. The quantitative estimate of drug-likeness (QED) is 0.415. The van der Waals surface area contributed by atoms with Gasteiger partial charge < -0.3 is 25.6 Å². The number of halogens is 1. The molecule has 4 N–H and O–H groups in total. The highest BCUT2D eigenvalue weighted by molar-refractivity contribution is 6.34. The molecule has 156 valence electrons. The zero-order valence-corrected chi connectivity index (χ0v) is 17.5. The van der Waals surface area contributed by atoms with Crippen molar-refractivity contribution in [1.82, 2.24) is 9.47 Å². The smallest absolute Gasteiger partial charge is 0.258 e. The topological polar surface area (TPSA) is 101 Å². The molecule has 0 saturated heterocycles. The minimum absolute atomic E-state index is 0.120. The van der Waals surface area contributed by atoms with E-state index in [4.69, 9.17) is 17.3 Å². The normalized spacial score (nSPS) is 10.9. The average molecular weight is 427 g/mol. The third-order valence-electron chi connectivity index (χ3n) is 4.65. The van der Waals surface area contributed by atoms with Crippen LogP contribution in [0.4, 0.5) is 11.4 Å². The van der Waals surface area contributed by atoms with Crippen LogP contribution in [0.1, 0.15) is 10.4 Å². The first-order valence-corrected chi connectivity index (χ1v) is 9.68. The van der Waals surface area contributed by atoms with Crippen molar-refractivity contribution in [2.45, 2.75) is 6.54 Å². The van der Waals surface area contributed by atoms with Crippen LogP contribution in [-0.2, 0) is 6.54 Å². The average Bonchev–Trinajstić information content (AvgIpc) is 2.69. The van der Waals surface area contributed by atoms with Crippen molar-refractivity contribution >= 4 is 28.9 Å². The number of nitrogens with two attached hydrogens (primary N) is 1. The highest BCUT2D eigenvalue weighted by Crippen LogP contribution is 2.31. The number of carbonyl (C=O) groups excluding carboxylic acids is 1. The number of pyridine rings is 1. The molecule has 0 atom stereocenters. The maximum absolute atomic E-state index is 12.8. The molecule has 0 aliphatic heterocycles. The summed E-state index contributed by atoms with van der Waals surface area (Å²) in [4.78, 5) is 27.4. The van der Waals surface area contributed by atoms with Gasteiger partial charge in [-0.05, 0) is 56.1 Å². The van der Waals surface area contributed by atoms with E-state index >= 15 is 0 Å². The molecule has 1 amide bonds. The molecule has 7 nitrogen and oxygen atoms in total. The maximum Gasteiger partial charge on any atom is 0.258 e. The van der Waals surface area contributed by atoms with Crippen LogP contribution in [0, 0.1) is 0 Å². The lowest BCUT2D eigenvalue weighted by atomic mass is 10.0. The Morgan fingerprint density at radius 2 is 1.97 bits per heavy atom. The van der Waals surface area contributed by atoms with Gasteiger partial charge in [0.15, 0.2) is 0 Å². The Balaban J connectivity index is 1.88. The number of para-hydroxylation sites is 1. The molecule has 1 aromatic heterocycles. The molecule has 2 aromatic carbocycles. The summed E-state index contributed by atoms with van der Waals surface area (Å²) in [5, 5.41) is 12.7. The number of benzene rings is 2. The van der Waals surface area contributed by atoms with Crippen molar-refractivity contribution in [3.8, 4) is 16.9 Å². The molecule has 0 radical (unpaired) electrons. The second-order valence-corrected chi connectivity index (χ2v) is 7.52. The minimum atomic E-state index is -0.517. The van der Waals surface area contributed by atoms with Gasteiger partial charge in [-0.3, -0.25) is 9.59 Å². The zero-order chi connectivity index (χ0) is 21.8. The van der Waals surface area contributed by atoms with Gasteiger partial charge in [0, 0.05) is 24.8 Å². The number of likely N-dealkylation sites (N-methyl/N-ethyl adjacent to an activating group) is 1. The lowest BCUT2D eigenvalue weighted by Crippen LogP contribution is -2.26. The first kappa shape index (κ1) is 21.4. The van der Waals surface area contributed by atoms with Crippen LogP contribution in [0.5, 0.6) is 5.75 Å². The van der Waals surface area contributed by atoms with Crippen molar-refractivity contribution in [3.05, 3.63) is 75.7 Å². The number of nitrogens with zero attached hydrogens (tertiary/aromatic N) is 2. The number of phenols is 1. The first-order valence-electron chi connectivity index (χ1n) is 9.31. The number of anilines is 2. The van der Waals surface area contributed by atoms with Gasteiger partial charge in [0.2, 0.25) is 0 Å². The third kappa shape index (κ3) is 4.64. The van der Waals surface area contributed by atoms with Gasteiger partial charge in [0.05, 0.1) is 16.3 Å². The van der Waals surface area contributed by atoms with Gasteiger partial charge in [0.25, 0.3) is 11.5 Å². The van der Waals surface area contributed by atoms with Gasteiger partial charge >= 0.3 is 0 Å². The molecule has 0 spiro atoms. The molecule has 30 heavy (non-hydrogen) atoms. The molecule has 0 saturated carbocycles. The Labute approximate surface area is 179 Å². The Hall–Kier alpha value is -3.29. The van der Waals surface area contributed by atoms with Crippen LogP contribution in [0.3, 0.4) is 0 Å². The molecule has 0 fully saturated rings. The number of amides is 1. The standard InChI is InChI=1S/C22H23ClN4O3/c1-26(2)11-12-27-10-4-5-15(22(27)30)14-8-9-16(17(23)13-14)21(29)25-20-18(24)6-3-7-19(20)28/h3-10,13,28H,11-12,24H2,1-2H3,(H,25,29). The van der Waals surface area contributed by atoms with Crippen molar-refractivity contribution in [3.63, 3.8) is 0 Å². The molecular formula is C22H23ClN4O3. The highest BCUT2D eigenvalue weighted by Gasteiger charge is 2.16. The fraction of sp³-hybridized carbons (Fsp3) is 0.182. The maximum atomic E-state index is 12.8. The molecule has 3 aromatic rings. The van der Waals surface area contributed by atoms with Gasteiger partial charge in [-0.25, -0.2) is 0 Å². The van der Waals surface area contributed by atoms with Crippen LogP contribution >= 0.6 is 11.6 Å². The number of aromatic hydroxyl groups is 1. The van der Waals surface area contributed by atoms with Gasteiger partial charge in [-0.2, -0.15) is 0 Å². The molecular weight excluding hydrogens is 404 g/mol. The number of carbonyl (C=O) groups is 1. The lowest BCUT2D eigenvalue weighted by Gasteiger charge is -2.13. The predicted molar refractivity (Wildman–Crippen MR) is 120 cm³/mol. The number of nitrogen functional groups attached to an aromatic ring is 1. The second kappa shape index (κ2) is 9.02. The fourth-order valence-corrected chi connectivity index (χ4v) is 3.25. The van der Waals surface area contributed by atoms with Crippen LogP contribution in [0.2, 0.25) is 5.02 Å². The van der Waals surface area contributed by atoms with Crippen molar-refractivity contribution in [2.24, 2.45) is 0 Å². The zero-order valence-electron chi connectivity index (χ0n) is 16.7. The summed E-state index contributed by atoms with van der Waals surface area (Å²) in [6, 6.07) is 12.9. The van der Waals surface area contributed by atoms with Crippen LogP contribution in [0.15, 0.2) is 59.5 Å². The molecule has 0 aliphatic rings. The Kier molecular flexibility index (Phi) is 6.44. The summed E-state index contributed by atoms with van der Waals surface area (Å²) >= 11 is 6.34. The van der Waals surface area contributed by atoms with Crippen molar-refractivity contribution in [2.75, 3.05) is 31.7 Å². The SMILES string of the molecule is CN(C)CCn1cccc(-c2ccc(C(=O)Nc3c(N)cccc3O)c(Cl)c2)c1=O. The molecule has 1 heterocycles. The molecule has 0 bridgehead atoms. The number of hydrogen-bond acceptors (Lipinski definition) is 5. The van der Waals surface area contributed by atoms with Crippen LogP contribution in [0.25, 0.3) is 11.1 Å². The molecule has 3 rings (SSSR count). The van der Waals surface area contributed by atoms with E-state index in [0.717, 1.165) is 6.54 Å². The Morgan fingerprint density at radius 1 is 1.20 bits per heavy atom. The van der Waals surface area contributed by atoms with E-state index in [0.29, 0.717) is 17.7 Å². The Morgan fingerprint density at radius 3 is 2.63 bits per heavy atom. The van der Waals surface area contributed by atoms with Gasteiger partial charge in [-0.15, -0.1) is 0 Å². The summed E-state index contributed by atoms with van der Waals surface area (Å²) in [5.41, 5.74) is 7.35. The number of rotatable bonds is 6. The summed E-state index contributed by atoms with van der Waals surface area (Å²) in [7, 11) is 3.89. The van der Waals surface area contributed by atoms with E-state index in [-0.39, 0.29) is 33.3 Å². The van der Waals surface area contributed by atoms with E-state index in [2.05, 4.69) is 5.32 Å². The fourth-order valence-electron chi connectivity index (χ4n) is 2.98.